The second kappa shape index (κ2) is 8.12. The fourth-order valence-corrected chi connectivity index (χ4v) is 1.14. The SMILES string of the molecule is CC.CNC(C=O)Cc1cccc(F)c1. The van der Waals surface area contributed by atoms with Crippen molar-refractivity contribution < 1.29 is 9.18 Å². The van der Waals surface area contributed by atoms with Crippen LogP contribution in [0.25, 0.3) is 0 Å². The van der Waals surface area contributed by atoms with E-state index in [1.165, 1.54) is 12.1 Å². The van der Waals surface area contributed by atoms with Crippen LogP contribution in [0.5, 0.6) is 0 Å². The van der Waals surface area contributed by atoms with Crippen LogP contribution in [0.1, 0.15) is 19.4 Å². The summed E-state index contributed by atoms with van der Waals surface area (Å²) in [5.41, 5.74) is 0.825. The number of benzene rings is 1. The van der Waals surface area contributed by atoms with Crippen molar-refractivity contribution in [3.8, 4) is 0 Å². The molecule has 0 aliphatic carbocycles. The van der Waals surface area contributed by atoms with Crippen LogP contribution in [0.2, 0.25) is 0 Å². The van der Waals surface area contributed by atoms with E-state index in [1.54, 1.807) is 19.2 Å². The molecule has 0 aliphatic rings. The van der Waals surface area contributed by atoms with Crippen molar-refractivity contribution in [1.82, 2.24) is 5.32 Å². The number of rotatable bonds is 4. The number of carbonyl (C=O) groups excluding carboxylic acids is 1. The van der Waals surface area contributed by atoms with E-state index in [2.05, 4.69) is 5.32 Å². The summed E-state index contributed by atoms with van der Waals surface area (Å²) in [6.07, 6.45) is 1.35. The lowest BCUT2D eigenvalue weighted by Crippen LogP contribution is -2.28. The topological polar surface area (TPSA) is 29.1 Å². The van der Waals surface area contributed by atoms with Gasteiger partial charge in [0.2, 0.25) is 0 Å². The second-order valence-corrected chi connectivity index (χ2v) is 2.87. The van der Waals surface area contributed by atoms with Crippen molar-refractivity contribution >= 4 is 6.29 Å². The van der Waals surface area contributed by atoms with E-state index in [1.807, 2.05) is 13.8 Å². The third kappa shape index (κ3) is 5.27. The lowest BCUT2D eigenvalue weighted by molar-refractivity contribution is -0.109. The highest BCUT2D eigenvalue weighted by molar-refractivity contribution is 5.58. The molecule has 0 saturated heterocycles. The van der Waals surface area contributed by atoms with Crippen molar-refractivity contribution in [1.29, 1.82) is 0 Å². The van der Waals surface area contributed by atoms with Gasteiger partial charge in [0, 0.05) is 0 Å². The van der Waals surface area contributed by atoms with E-state index in [0.717, 1.165) is 11.8 Å². The number of hydrogen-bond donors (Lipinski definition) is 1. The molecule has 0 bridgehead atoms. The van der Waals surface area contributed by atoms with Gasteiger partial charge in [-0.15, -0.1) is 0 Å². The van der Waals surface area contributed by atoms with E-state index in [0.29, 0.717) is 6.42 Å². The van der Waals surface area contributed by atoms with Crippen LogP contribution >= 0.6 is 0 Å². The normalized spacial score (nSPS) is 11.2. The fraction of sp³-hybridized carbons (Fsp3) is 0.417. The van der Waals surface area contributed by atoms with Gasteiger partial charge >= 0.3 is 0 Å². The molecule has 0 aliphatic heterocycles. The third-order valence-corrected chi connectivity index (χ3v) is 1.88. The first kappa shape index (κ1) is 13.8. The average molecular weight is 211 g/mol. The van der Waals surface area contributed by atoms with Crippen molar-refractivity contribution in [3.05, 3.63) is 35.6 Å². The smallest absolute Gasteiger partial charge is 0.137 e. The molecular weight excluding hydrogens is 193 g/mol. The minimum Gasteiger partial charge on any atom is -0.311 e. The largest absolute Gasteiger partial charge is 0.311 e. The summed E-state index contributed by atoms with van der Waals surface area (Å²) in [6.45, 7) is 4.00. The maximum atomic E-state index is 12.7. The van der Waals surface area contributed by atoms with E-state index in [-0.39, 0.29) is 11.9 Å². The zero-order chi connectivity index (χ0) is 11.7. The average Bonchev–Trinajstić information content (AvgIpc) is 2.29. The molecule has 0 amide bonds. The van der Waals surface area contributed by atoms with Gasteiger partial charge in [-0.3, -0.25) is 0 Å². The molecule has 2 nitrogen and oxygen atoms in total. The summed E-state index contributed by atoms with van der Waals surface area (Å²) in [6, 6.07) is 6.04. The number of aldehydes is 1. The van der Waals surface area contributed by atoms with E-state index in [9.17, 15) is 9.18 Å². The number of nitrogens with one attached hydrogen (secondary N) is 1. The van der Waals surface area contributed by atoms with Crippen LogP contribution in [0.3, 0.4) is 0 Å². The molecule has 1 aromatic carbocycles. The van der Waals surface area contributed by atoms with Gasteiger partial charge in [0.1, 0.15) is 12.1 Å². The molecule has 0 fully saturated rings. The van der Waals surface area contributed by atoms with E-state index in [4.69, 9.17) is 0 Å². The molecule has 1 N–H and O–H groups in total. The number of likely N-dealkylation sites (N-methyl/N-ethyl adjacent to an activating group) is 1. The Morgan fingerprint density at radius 2 is 2.13 bits per heavy atom. The first-order valence-electron chi connectivity index (χ1n) is 5.13. The molecule has 0 spiro atoms. The number of carbonyl (C=O) groups is 1. The minimum absolute atomic E-state index is 0.234. The predicted octanol–water partition coefficient (Wildman–Crippen LogP) is 2.18. The van der Waals surface area contributed by atoms with Crippen LogP contribution in [-0.2, 0) is 11.2 Å². The number of halogens is 1. The quantitative estimate of drug-likeness (QED) is 0.773. The Balaban J connectivity index is 0.000000921. The van der Waals surface area contributed by atoms with Gasteiger partial charge in [-0.05, 0) is 31.2 Å². The highest BCUT2D eigenvalue weighted by Gasteiger charge is 2.05. The third-order valence-electron chi connectivity index (χ3n) is 1.88. The molecule has 0 heterocycles. The molecule has 0 aromatic heterocycles. The van der Waals surface area contributed by atoms with Crippen LogP contribution in [0.4, 0.5) is 4.39 Å². The molecule has 1 rings (SSSR count). The summed E-state index contributed by atoms with van der Waals surface area (Å²) in [5, 5.41) is 2.83. The van der Waals surface area contributed by atoms with Gasteiger partial charge in [0.25, 0.3) is 0 Å². The van der Waals surface area contributed by atoms with E-state index < -0.39 is 0 Å². The molecule has 1 atom stereocenters. The van der Waals surface area contributed by atoms with Gasteiger partial charge in [-0.1, -0.05) is 26.0 Å². The molecule has 1 aromatic rings. The van der Waals surface area contributed by atoms with Crippen LogP contribution in [-0.4, -0.2) is 19.4 Å². The van der Waals surface area contributed by atoms with Crippen LogP contribution in [0.15, 0.2) is 24.3 Å². The summed E-state index contributed by atoms with van der Waals surface area (Å²) in [4.78, 5) is 10.5. The maximum absolute atomic E-state index is 12.7. The summed E-state index contributed by atoms with van der Waals surface area (Å²) >= 11 is 0. The Morgan fingerprint density at radius 3 is 2.60 bits per heavy atom. The minimum atomic E-state index is -0.266. The Hall–Kier alpha value is -1.22. The molecule has 0 radical (unpaired) electrons. The first-order valence-corrected chi connectivity index (χ1v) is 5.13. The van der Waals surface area contributed by atoms with Crippen LogP contribution in [0, 0.1) is 5.82 Å². The molecule has 3 heteroatoms. The van der Waals surface area contributed by atoms with E-state index >= 15 is 0 Å². The number of hydrogen-bond acceptors (Lipinski definition) is 2. The Labute approximate surface area is 90.5 Å². The molecule has 15 heavy (non-hydrogen) atoms. The summed E-state index contributed by atoms with van der Waals surface area (Å²) in [5.74, 6) is -0.266. The molecule has 84 valence electrons. The Bertz CT molecular complexity index is 289. The highest BCUT2D eigenvalue weighted by atomic mass is 19.1. The van der Waals surface area contributed by atoms with Gasteiger partial charge in [-0.25, -0.2) is 4.39 Å². The zero-order valence-corrected chi connectivity index (χ0v) is 9.46. The van der Waals surface area contributed by atoms with Crippen molar-refractivity contribution in [2.75, 3.05) is 7.05 Å². The summed E-state index contributed by atoms with van der Waals surface area (Å²) < 4.78 is 12.7. The van der Waals surface area contributed by atoms with Gasteiger partial charge in [0.05, 0.1) is 6.04 Å². The standard InChI is InChI=1S/C10H12FNO.C2H6/c1-12-10(7-13)6-8-3-2-4-9(11)5-8;1-2/h2-5,7,10,12H,6H2,1H3;1-2H3. The van der Waals surface area contributed by atoms with Gasteiger partial charge < -0.3 is 10.1 Å². The summed E-state index contributed by atoms with van der Waals surface area (Å²) in [7, 11) is 1.71. The van der Waals surface area contributed by atoms with Crippen molar-refractivity contribution in [3.63, 3.8) is 0 Å². The monoisotopic (exact) mass is 211 g/mol. The van der Waals surface area contributed by atoms with Crippen molar-refractivity contribution in [2.24, 2.45) is 0 Å². The molecule has 1 unspecified atom stereocenters. The van der Waals surface area contributed by atoms with Crippen molar-refractivity contribution in [2.45, 2.75) is 26.3 Å². The predicted molar refractivity (Wildman–Crippen MR) is 60.4 cm³/mol. The Morgan fingerprint density at radius 1 is 1.47 bits per heavy atom. The van der Waals surface area contributed by atoms with Crippen LogP contribution < -0.4 is 5.32 Å². The molecular formula is C12H18FNO. The Kier molecular flexibility index (Phi) is 7.46. The van der Waals surface area contributed by atoms with Gasteiger partial charge in [-0.2, -0.15) is 0 Å². The fourth-order valence-electron chi connectivity index (χ4n) is 1.14. The van der Waals surface area contributed by atoms with Gasteiger partial charge in [0.15, 0.2) is 0 Å². The zero-order valence-electron chi connectivity index (χ0n) is 9.46. The highest BCUT2D eigenvalue weighted by Crippen LogP contribution is 2.05. The molecule has 0 saturated carbocycles. The first-order chi connectivity index (χ1) is 7.26. The lowest BCUT2D eigenvalue weighted by Gasteiger charge is -2.08. The lowest BCUT2D eigenvalue weighted by atomic mass is 10.1. The maximum Gasteiger partial charge on any atom is 0.137 e. The second-order valence-electron chi connectivity index (χ2n) is 2.87.